The molecule has 3 rings (SSSR count). The third-order valence-electron chi connectivity index (χ3n) is 8.93. The quantitative estimate of drug-likeness (QED) is 0.122. The van der Waals surface area contributed by atoms with E-state index < -0.39 is 0 Å². The Morgan fingerprint density at radius 1 is 0.828 bits per heavy atom. The van der Waals surface area contributed by atoms with E-state index >= 15 is 0 Å². The van der Waals surface area contributed by atoms with Crippen LogP contribution in [-0.2, 0) is 36.4 Å². The number of thioether (sulfide) groups is 2. The number of benzene rings is 2. The van der Waals surface area contributed by atoms with E-state index in [0.29, 0.717) is 55.6 Å². The SMILES string of the molecule is CC(C)(C)P(C(C)(C)C)C(C)(C)C.CC(C)(C)P(C(C)(C)C)C(C)(C)C.CCOC(=O)CCc1ccc(N2CSC(c3ccc(SC(C)C)c(C#N)c3)N2)c(C)c1.[Pd]. The zero-order valence-corrected chi connectivity index (χ0v) is 45.7. The summed E-state index contributed by atoms with van der Waals surface area (Å²) < 4.78 is 5.01. The number of hydrogen-bond donors (Lipinski definition) is 1. The van der Waals surface area contributed by atoms with E-state index in [9.17, 15) is 10.1 Å². The Bertz CT molecular complexity index is 1510. The first-order valence-electron chi connectivity index (χ1n) is 20.9. The van der Waals surface area contributed by atoms with Gasteiger partial charge in [-0.25, -0.2) is 5.43 Å². The van der Waals surface area contributed by atoms with Crippen LogP contribution in [0.15, 0.2) is 41.3 Å². The van der Waals surface area contributed by atoms with Crippen LogP contribution in [-0.4, -0.2) is 54.6 Å². The fourth-order valence-electron chi connectivity index (χ4n) is 9.52. The van der Waals surface area contributed by atoms with Crippen molar-refractivity contribution in [2.75, 3.05) is 17.5 Å². The molecular formula is C48H83N3O2P2PdS2. The molecule has 0 bridgehead atoms. The summed E-state index contributed by atoms with van der Waals surface area (Å²) in [7, 11) is 0.0324. The molecule has 1 aliphatic rings. The maximum absolute atomic E-state index is 11.6. The van der Waals surface area contributed by atoms with Gasteiger partial charge in [0, 0.05) is 37.0 Å². The van der Waals surface area contributed by atoms with Crippen LogP contribution in [0.2, 0.25) is 0 Å². The predicted molar refractivity (Wildman–Crippen MR) is 261 cm³/mol. The fourth-order valence-corrected chi connectivity index (χ4v) is 23.5. The number of rotatable bonds is 8. The Morgan fingerprint density at radius 3 is 1.66 bits per heavy atom. The van der Waals surface area contributed by atoms with Crippen molar-refractivity contribution in [3.63, 3.8) is 0 Å². The monoisotopic (exact) mass is 965 g/mol. The number of esters is 1. The third kappa shape index (κ3) is 19.2. The molecule has 1 heterocycles. The second kappa shape index (κ2) is 23.2. The van der Waals surface area contributed by atoms with E-state index in [-0.39, 0.29) is 47.6 Å². The third-order valence-corrected chi connectivity index (χ3v) is 19.2. The van der Waals surface area contributed by atoms with Crippen LogP contribution in [0.4, 0.5) is 5.69 Å². The molecule has 1 N–H and O–H groups in total. The first-order chi connectivity index (χ1) is 25.6. The van der Waals surface area contributed by atoms with Gasteiger partial charge >= 0.3 is 5.97 Å². The molecule has 1 saturated heterocycles. The zero-order valence-electron chi connectivity index (χ0n) is 40.7. The van der Waals surface area contributed by atoms with Gasteiger partial charge in [0.05, 0.1) is 29.1 Å². The summed E-state index contributed by atoms with van der Waals surface area (Å²) in [5, 5.41) is 15.0. The van der Waals surface area contributed by atoms with Gasteiger partial charge in [0.1, 0.15) is 6.07 Å². The second-order valence-electron chi connectivity index (χ2n) is 21.4. The number of hydrogen-bond acceptors (Lipinski definition) is 7. The van der Waals surface area contributed by atoms with Crippen molar-refractivity contribution in [2.24, 2.45) is 0 Å². The standard InChI is InChI=1S/C24H29N3O2S2.2C12H27P.Pd/c1-5-29-23(28)11-7-18-6-9-21(17(4)12-18)27-15-30-24(26-27)19-8-10-22(31-16(2)3)20(13-19)14-25;2*1-10(2,3)13(11(4,5)6)12(7,8)9;/h6,8-10,12-13,16,24,26H,5,7,11,15H2,1-4H3;2*1-9H3;. The molecule has 1 unspecified atom stereocenters. The fraction of sp³-hybridized carbons (Fsp3) is 0.708. The number of ether oxygens (including phenoxy) is 1. The van der Waals surface area contributed by atoms with E-state index in [1.165, 1.54) is 0 Å². The number of hydrazine groups is 1. The molecule has 58 heavy (non-hydrogen) atoms. The van der Waals surface area contributed by atoms with Gasteiger partial charge in [-0.1, -0.05) is 173 Å². The molecule has 2 aromatic rings. The van der Waals surface area contributed by atoms with E-state index in [4.69, 9.17) is 4.74 Å². The minimum Gasteiger partial charge on any atom is -0.466 e. The van der Waals surface area contributed by atoms with Gasteiger partial charge < -0.3 is 4.74 Å². The van der Waals surface area contributed by atoms with Gasteiger partial charge in [-0.05, 0) is 86.1 Å². The Hall–Kier alpha value is -0.618. The molecule has 0 amide bonds. The maximum Gasteiger partial charge on any atom is 0.306 e. The Labute approximate surface area is 383 Å². The molecule has 1 fully saturated rings. The molecule has 0 saturated carbocycles. The average molecular weight is 967 g/mol. The first-order valence-corrected chi connectivity index (χ1v) is 25.5. The Morgan fingerprint density at radius 2 is 1.29 bits per heavy atom. The van der Waals surface area contributed by atoms with E-state index in [0.717, 1.165) is 38.7 Å². The van der Waals surface area contributed by atoms with Crippen LogP contribution < -0.4 is 10.4 Å². The summed E-state index contributed by atoms with van der Waals surface area (Å²) in [6, 6.07) is 14.9. The van der Waals surface area contributed by atoms with Crippen LogP contribution in [0.1, 0.15) is 179 Å². The smallest absolute Gasteiger partial charge is 0.306 e. The van der Waals surface area contributed by atoms with Crippen molar-refractivity contribution < 1.29 is 30.0 Å². The van der Waals surface area contributed by atoms with E-state index in [1.54, 1.807) is 11.8 Å². The van der Waals surface area contributed by atoms with Gasteiger partial charge in [-0.2, -0.15) is 5.26 Å². The van der Waals surface area contributed by atoms with Crippen LogP contribution >= 0.6 is 39.4 Å². The Kier molecular flexibility index (Phi) is 22.9. The minimum atomic E-state index is -0.153. The first kappa shape index (κ1) is 57.4. The topological polar surface area (TPSA) is 65.4 Å². The van der Waals surface area contributed by atoms with E-state index in [2.05, 4.69) is 192 Å². The van der Waals surface area contributed by atoms with Crippen molar-refractivity contribution in [3.8, 4) is 6.07 Å². The number of anilines is 1. The molecular weight excluding hydrogens is 883 g/mol. The molecule has 10 heteroatoms. The van der Waals surface area contributed by atoms with Gasteiger partial charge in [0.2, 0.25) is 0 Å². The largest absolute Gasteiger partial charge is 0.466 e. The number of nitriles is 1. The van der Waals surface area contributed by atoms with Gasteiger partial charge in [0.15, 0.2) is 0 Å². The number of nitrogens with zero attached hydrogens (tertiary/aromatic N) is 2. The average Bonchev–Trinajstić information content (AvgIpc) is 3.46. The number of nitrogens with one attached hydrogen (secondary N) is 1. The summed E-state index contributed by atoms with van der Waals surface area (Å²) in [4.78, 5) is 12.6. The normalized spacial score (nSPS) is 15.3. The summed E-state index contributed by atoms with van der Waals surface area (Å²) in [6.45, 7) is 51.5. The van der Waals surface area contributed by atoms with Crippen molar-refractivity contribution in [1.82, 2.24) is 5.43 Å². The number of carbonyl (C=O) groups is 1. The van der Waals surface area contributed by atoms with Crippen molar-refractivity contribution >= 4 is 51.0 Å². The molecule has 0 aliphatic carbocycles. The molecule has 0 radical (unpaired) electrons. The van der Waals surface area contributed by atoms with Crippen molar-refractivity contribution in [3.05, 3.63) is 58.7 Å². The van der Waals surface area contributed by atoms with Crippen LogP contribution in [0.5, 0.6) is 0 Å². The molecule has 0 aromatic heterocycles. The summed E-state index contributed by atoms with van der Waals surface area (Å²) in [6.07, 6.45) is 1.08. The van der Waals surface area contributed by atoms with Crippen molar-refractivity contribution in [1.29, 1.82) is 5.26 Å². The van der Waals surface area contributed by atoms with Gasteiger partial charge in [0.25, 0.3) is 0 Å². The second-order valence-corrected chi connectivity index (χ2v) is 33.5. The maximum atomic E-state index is 11.6. The zero-order chi connectivity index (χ0) is 44.5. The van der Waals surface area contributed by atoms with Gasteiger partial charge in [-0.15, -0.1) is 23.5 Å². The molecule has 0 spiro atoms. The Balaban J connectivity index is 0.00000100. The molecule has 2 aromatic carbocycles. The van der Waals surface area contributed by atoms with E-state index in [1.807, 2.05) is 24.8 Å². The number of carbonyl (C=O) groups excluding carboxylic acids is 1. The summed E-state index contributed by atoms with van der Waals surface area (Å²) in [5.74, 6) is 0.664. The molecule has 1 atom stereocenters. The van der Waals surface area contributed by atoms with Crippen LogP contribution in [0, 0.1) is 18.3 Å². The minimum absolute atomic E-state index is 0. The van der Waals surface area contributed by atoms with Crippen LogP contribution in [0.3, 0.4) is 0 Å². The summed E-state index contributed by atoms with van der Waals surface area (Å²) >= 11 is 3.53. The molecule has 334 valence electrons. The predicted octanol–water partition coefficient (Wildman–Crippen LogP) is 15.3. The molecule has 1 aliphatic heterocycles. The van der Waals surface area contributed by atoms with Gasteiger partial charge in [-0.3, -0.25) is 9.80 Å². The number of aryl methyl sites for hydroxylation is 2. The van der Waals surface area contributed by atoms with Crippen molar-refractivity contribution in [2.45, 2.75) is 212 Å². The molecule has 5 nitrogen and oxygen atoms in total. The summed E-state index contributed by atoms with van der Waals surface area (Å²) in [5.41, 5.74) is 8.84. The van der Waals surface area contributed by atoms with Crippen LogP contribution in [0.25, 0.3) is 0 Å².